The number of carbonyl (C=O) groups is 1. The van der Waals surface area contributed by atoms with Gasteiger partial charge in [0, 0.05) is 29.4 Å². The lowest BCUT2D eigenvalue weighted by molar-refractivity contribution is 0.197. The minimum absolute atomic E-state index is 0.0424. The average molecular weight is 402 g/mol. The summed E-state index contributed by atoms with van der Waals surface area (Å²) in [6.07, 6.45) is 1.73. The number of carbonyl (C=O) groups excluding carboxylic acids is 1. The van der Waals surface area contributed by atoms with E-state index in [0.29, 0.717) is 18.1 Å². The maximum Gasteiger partial charge on any atom is 0.322 e. The van der Waals surface area contributed by atoms with Crippen molar-refractivity contribution in [3.63, 3.8) is 0 Å². The number of urea groups is 1. The highest BCUT2D eigenvalue weighted by atomic mass is 35.5. The Bertz CT molecular complexity index is 1010. The highest BCUT2D eigenvalue weighted by molar-refractivity contribution is 6.31. The predicted octanol–water partition coefficient (Wildman–Crippen LogP) is 5.65. The Morgan fingerprint density at radius 1 is 1.29 bits per heavy atom. The number of rotatable bonds is 5. The van der Waals surface area contributed by atoms with Gasteiger partial charge in [0.25, 0.3) is 0 Å². The number of hydrogen-bond donors (Lipinski definition) is 1. The standard InChI is InChI=1S/C21H21ClFN3O2/c1-4-26(21(27)25-14-9-10-19(23)18(22)11-14)13(2)17-12-24-20(28-3)16-8-6-5-7-15(16)17/h5-13H,4H2,1-3H3,(H,25,27)/t13-/m0/s1. The minimum atomic E-state index is -0.531. The number of methoxy groups -OCH3 is 1. The lowest BCUT2D eigenvalue weighted by Gasteiger charge is -2.29. The van der Waals surface area contributed by atoms with Crippen molar-refractivity contribution in [3.05, 3.63) is 65.1 Å². The van der Waals surface area contributed by atoms with Gasteiger partial charge in [-0.15, -0.1) is 0 Å². The third kappa shape index (κ3) is 3.87. The molecule has 0 fully saturated rings. The van der Waals surface area contributed by atoms with E-state index in [1.165, 1.54) is 18.2 Å². The number of hydrogen-bond acceptors (Lipinski definition) is 3. The first kappa shape index (κ1) is 19.9. The first-order valence-corrected chi connectivity index (χ1v) is 9.28. The van der Waals surface area contributed by atoms with Crippen LogP contribution in [0, 0.1) is 5.82 Å². The Labute approximate surface area is 168 Å². The zero-order valence-electron chi connectivity index (χ0n) is 15.9. The van der Waals surface area contributed by atoms with Crippen LogP contribution in [0.25, 0.3) is 10.8 Å². The molecular weight excluding hydrogens is 381 g/mol. The lowest BCUT2D eigenvalue weighted by atomic mass is 10.0. The zero-order valence-corrected chi connectivity index (χ0v) is 16.6. The molecule has 0 bridgehead atoms. The number of ether oxygens (including phenoxy) is 1. The normalized spacial score (nSPS) is 11.9. The van der Waals surface area contributed by atoms with Gasteiger partial charge >= 0.3 is 6.03 Å². The first-order chi connectivity index (χ1) is 13.5. The van der Waals surface area contributed by atoms with Crippen molar-refractivity contribution in [1.82, 2.24) is 9.88 Å². The molecule has 0 aliphatic carbocycles. The van der Waals surface area contributed by atoms with Crippen molar-refractivity contribution in [2.45, 2.75) is 19.9 Å². The van der Waals surface area contributed by atoms with Gasteiger partial charge in [-0.3, -0.25) is 0 Å². The summed E-state index contributed by atoms with van der Waals surface area (Å²) in [6.45, 7) is 4.31. The van der Waals surface area contributed by atoms with Crippen LogP contribution in [0.5, 0.6) is 5.88 Å². The van der Waals surface area contributed by atoms with Gasteiger partial charge in [-0.05, 0) is 43.5 Å². The SMILES string of the molecule is CCN(C(=O)Nc1ccc(F)c(Cl)c1)[C@@H](C)c1cnc(OC)c2ccccc12. The molecule has 0 unspecified atom stereocenters. The second kappa shape index (κ2) is 8.44. The van der Waals surface area contributed by atoms with Crippen molar-refractivity contribution in [1.29, 1.82) is 0 Å². The van der Waals surface area contributed by atoms with E-state index in [-0.39, 0.29) is 17.1 Å². The van der Waals surface area contributed by atoms with Crippen LogP contribution in [0.1, 0.15) is 25.5 Å². The summed E-state index contributed by atoms with van der Waals surface area (Å²) in [5.41, 5.74) is 1.34. The van der Waals surface area contributed by atoms with E-state index >= 15 is 0 Å². The molecular formula is C21H21ClFN3O2. The van der Waals surface area contributed by atoms with E-state index in [0.717, 1.165) is 16.3 Å². The largest absolute Gasteiger partial charge is 0.481 e. The molecule has 1 N–H and O–H groups in total. The van der Waals surface area contributed by atoms with Gasteiger partial charge in [0.1, 0.15) is 5.82 Å². The van der Waals surface area contributed by atoms with Crippen LogP contribution in [0.4, 0.5) is 14.9 Å². The molecule has 0 radical (unpaired) electrons. The Morgan fingerprint density at radius 3 is 2.64 bits per heavy atom. The molecule has 2 aromatic carbocycles. The molecule has 2 amide bonds. The molecule has 0 spiro atoms. The van der Waals surface area contributed by atoms with Crippen molar-refractivity contribution < 1.29 is 13.9 Å². The Hall–Kier alpha value is -2.86. The zero-order chi connectivity index (χ0) is 20.3. The molecule has 28 heavy (non-hydrogen) atoms. The molecule has 0 saturated heterocycles. The van der Waals surface area contributed by atoms with E-state index in [1.54, 1.807) is 18.2 Å². The molecule has 3 rings (SSSR count). The Morgan fingerprint density at radius 2 is 2.00 bits per heavy atom. The fourth-order valence-electron chi connectivity index (χ4n) is 3.21. The summed E-state index contributed by atoms with van der Waals surface area (Å²) in [5, 5.41) is 4.59. The monoisotopic (exact) mass is 401 g/mol. The quantitative estimate of drug-likeness (QED) is 0.601. The average Bonchev–Trinajstić information content (AvgIpc) is 2.70. The van der Waals surface area contributed by atoms with Crippen molar-refractivity contribution in [3.8, 4) is 5.88 Å². The van der Waals surface area contributed by atoms with E-state index in [9.17, 15) is 9.18 Å². The van der Waals surface area contributed by atoms with Crippen LogP contribution in [0.2, 0.25) is 5.02 Å². The van der Waals surface area contributed by atoms with Crippen LogP contribution in [0.3, 0.4) is 0 Å². The highest BCUT2D eigenvalue weighted by Gasteiger charge is 2.23. The number of anilines is 1. The van der Waals surface area contributed by atoms with Crippen LogP contribution in [0.15, 0.2) is 48.7 Å². The molecule has 0 saturated carbocycles. The van der Waals surface area contributed by atoms with Crippen molar-refractivity contribution in [2.24, 2.45) is 0 Å². The summed E-state index contributed by atoms with van der Waals surface area (Å²) < 4.78 is 18.7. The number of nitrogens with one attached hydrogen (secondary N) is 1. The van der Waals surface area contributed by atoms with Gasteiger partial charge in [-0.1, -0.05) is 29.8 Å². The summed E-state index contributed by atoms with van der Waals surface area (Å²) >= 11 is 5.80. The predicted molar refractivity (Wildman–Crippen MR) is 110 cm³/mol. The van der Waals surface area contributed by atoms with Crippen molar-refractivity contribution >= 4 is 34.1 Å². The van der Waals surface area contributed by atoms with Crippen molar-refractivity contribution in [2.75, 3.05) is 19.0 Å². The lowest BCUT2D eigenvalue weighted by Crippen LogP contribution is -2.37. The van der Waals surface area contributed by atoms with Gasteiger partial charge < -0.3 is 15.0 Å². The van der Waals surface area contributed by atoms with Gasteiger partial charge in [0.15, 0.2) is 0 Å². The summed E-state index contributed by atoms with van der Waals surface area (Å²) in [4.78, 5) is 18.9. The minimum Gasteiger partial charge on any atom is -0.481 e. The molecule has 3 aromatic rings. The van der Waals surface area contributed by atoms with Gasteiger partial charge in [0.2, 0.25) is 5.88 Å². The molecule has 1 aromatic heterocycles. The second-order valence-electron chi connectivity index (χ2n) is 6.29. The highest BCUT2D eigenvalue weighted by Crippen LogP contribution is 2.32. The van der Waals surface area contributed by atoms with E-state index in [1.807, 2.05) is 38.1 Å². The number of nitrogens with zero attached hydrogens (tertiary/aromatic N) is 2. The number of fused-ring (bicyclic) bond motifs is 1. The maximum atomic E-state index is 13.3. The van der Waals surface area contributed by atoms with E-state index < -0.39 is 5.82 Å². The molecule has 1 heterocycles. The van der Waals surface area contributed by atoms with Crippen LogP contribution >= 0.6 is 11.6 Å². The van der Waals surface area contributed by atoms with Gasteiger partial charge in [-0.2, -0.15) is 0 Å². The molecule has 1 atom stereocenters. The third-order valence-corrected chi connectivity index (χ3v) is 4.96. The maximum absolute atomic E-state index is 13.3. The fourth-order valence-corrected chi connectivity index (χ4v) is 3.40. The molecule has 146 valence electrons. The smallest absolute Gasteiger partial charge is 0.322 e. The summed E-state index contributed by atoms with van der Waals surface area (Å²) in [5.74, 6) is 0.0103. The number of benzene rings is 2. The van der Waals surface area contributed by atoms with Gasteiger partial charge in [0.05, 0.1) is 18.2 Å². The number of amides is 2. The Kier molecular flexibility index (Phi) is 5.99. The molecule has 0 aliphatic heterocycles. The summed E-state index contributed by atoms with van der Waals surface area (Å²) in [6, 6.07) is 11.3. The Balaban J connectivity index is 1.91. The first-order valence-electron chi connectivity index (χ1n) is 8.90. The topological polar surface area (TPSA) is 54.5 Å². The third-order valence-electron chi connectivity index (χ3n) is 4.67. The number of aromatic nitrogens is 1. The number of halogens is 2. The molecule has 7 heteroatoms. The van der Waals surface area contributed by atoms with E-state index in [4.69, 9.17) is 16.3 Å². The van der Waals surface area contributed by atoms with Crippen LogP contribution < -0.4 is 10.1 Å². The van der Waals surface area contributed by atoms with E-state index in [2.05, 4.69) is 10.3 Å². The molecule has 0 aliphatic rings. The molecule has 5 nitrogen and oxygen atoms in total. The second-order valence-corrected chi connectivity index (χ2v) is 6.70. The summed E-state index contributed by atoms with van der Waals surface area (Å²) in [7, 11) is 1.58. The van der Waals surface area contributed by atoms with Crippen LogP contribution in [-0.2, 0) is 0 Å². The number of pyridine rings is 1. The fraction of sp³-hybridized carbons (Fsp3) is 0.238. The van der Waals surface area contributed by atoms with Crippen LogP contribution in [-0.4, -0.2) is 29.6 Å². The van der Waals surface area contributed by atoms with Gasteiger partial charge in [-0.25, -0.2) is 14.2 Å².